The summed E-state index contributed by atoms with van der Waals surface area (Å²) in [6.07, 6.45) is 0.544. The van der Waals surface area contributed by atoms with Gasteiger partial charge in [-0.3, -0.25) is 4.79 Å². The zero-order chi connectivity index (χ0) is 16.9. The lowest BCUT2D eigenvalue weighted by atomic mass is 10.1. The number of carbonyl (C=O) groups is 2. The number of tetrazole rings is 1. The molecule has 1 heterocycles. The Morgan fingerprint density at radius 3 is 2.50 bits per heavy atom. The van der Waals surface area contributed by atoms with Crippen molar-refractivity contribution in [2.24, 2.45) is 0 Å². The summed E-state index contributed by atoms with van der Waals surface area (Å²) in [5, 5.41) is 10.9. The van der Waals surface area contributed by atoms with E-state index in [1.54, 1.807) is 55.5 Å². The molecule has 0 aliphatic rings. The maximum atomic E-state index is 12.3. The van der Waals surface area contributed by atoms with Crippen LogP contribution < -0.4 is 0 Å². The van der Waals surface area contributed by atoms with Gasteiger partial charge in [-0.2, -0.15) is 0 Å². The summed E-state index contributed by atoms with van der Waals surface area (Å²) in [5.74, 6) is -0.831. The molecule has 0 radical (unpaired) electrons. The molecule has 24 heavy (non-hydrogen) atoms. The lowest BCUT2D eigenvalue weighted by Crippen LogP contribution is -2.24. The maximum absolute atomic E-state index is 12.3. The summed E-state index contributed by atoms with van der Waals surface area (Å²) in [6, 6.07) is 15.4. The van der Waals surface area contributed by atoms with Gasteiger partial charge in [0.05, 0.1) is 11.3 Å². The van der Waals surface area contributed by atoms with Gasteiger partial charge >= 0.3 is 5.97 Å². The number of hydrogen-bond acceptors (Lipinski definition) is 6. The van der Waals surface area contributed by atoms with Crippen molar-refractivity contribution in [2.45, 2.75) is 13.0 Å². The second-order valence-corrected chi connectivity index (χ2v) is 5.08. The first kappa shape index (κ1) is 15.5. The zero-order valence-electron chi connectivity index (χ0n) is 12.9. The Balaban J connectivity index is 1.73. The second kappa shape index (κ2) is 6.82. The van der Waals surface area contributed by atoms with Crippen LogP contribution in [0.5, 0.6) is 0 Å². The maximum Gasteiger partial charge on any atom is 0.338 e. The molecule has 1 atom stereocenters. The van der Waals surface area contributed by atoms with E-state index in [2.05, 4.69) is 15.5 Å². The van der Waals surface area contributed by atoms with Crippen molar-refractivity contribution in [3.05, 3.63) is 72.1 Å². The van der Waals surface area contributed by atoms with E-state index in [-0.39, 0.29) is 5.78 Å². The van der Waals surface area contributed by atoms with E-state index in [1.165, 1.54) is 11.0 Å². The van der Waals surface area contributed by atoms with Crippen molar-refractivity contribution in [2.75, 3.05) is 0 Å². The summed E-state index contributed by atoms with van der Waals surface area (Å²) in [4.78, 5) is 24.5. The molecule has 7 nitrogen and oxygen atoms in total. The molecular formula is C17H14N4O3. The Morgan fingerprint density at radius 2 is 1.79 bits per heavy atom. The molecule has 1 aromatic heterocycles. The monoisotopic (exact) mass is 322 g/mol. The molecule has 0 aliphatic heterocycles. The van der Waals surface area contributed by atoms with E-state index in [4.69, 9.17) is 4.74 Å². The van der Waals surface area contributed by atoms with Crippen LogP contribution >= 0.6 is 0 Å². The molecule has 120 valence electrons. The van der Waals surface area contributed by atoms with Gasteiger partial charge in [0, 0.05) is 5.56 Å². The molecule has 0 saturated carbocycles. The number of ether oxygens (including phenoxy) is 1. The van der Waals surface area contributed by atoms with Crippen molar-refractivity contribution in [1.29, 1.82) is 0 Å². The van der Waals surface area contributed by atoms with Crippen molar-refractivity contribution < 1.29 is 14.3 Å². The van der Waals surface area contributed by atoms with Gasteiger partial charge < -0.3 is 4.74 Å². The van der Waals surface area contributed by atoms with Crippen molar-refractivity contribution >= 4 is 11.8 Å². The van der Waals surface area contributed by atoms with E-state index in [9.17, 15) is 9.59 Å². The third-order valence-corrected chi connectivity index (χ3v) is 3.41. The van der Waals surface area contributed by atoms with E-state index in [1.807, 2.05) is 6.07 Å². The van der Waals surface area contributed by atoms with Crippen LogP contribution in [-0.2, 0) is 4.74 Å². The van der Waals surface area contributed by atoms with Gasteiger partial charge in [-0.15, -0.1) is 5.10 Å². The Labute approximate surface area is 137 Å². The number of ketones is 1. The fourth-order valence-electron chi connectivity index (χ4n) is 2.17. The number of aromatic nitrogens is 4. The molecule has 0 fully saturated rings. The summed E-state index contributed by atoms with van der Waals surface area (Å²) < 4.78 is 6.70. The largest absolute Gasteiger partial charge is 0.451 e. The molecule has 3 aromatic rings. The average molecular weight is 322 g/mol. The van der Waals surface area contributed by atoms with E-state index < -0.39 is 12.1 Å². The molecule has 0 aliphatic carbocycles. The molecule has 0 amide bonds. The zero-order valence-corrected chi connectivity index (χ0v) is 12.9. The topological polar surface area (TPSA) is 87.0 Å². The number of carbonyl (C=O) groups excluding carboxylic acids is 2. The Morgan fingerprint density at radius 1 is 1.04 bits per heavy atom. The smallest absolute Gasteiger partial charge is 0.338 e. The first-order valence-electron chi connectivity index (χ1n) is 7.29. The summed E-state index contributed by atoms with van der Waals surface area (Å²) in [5.41, 5.74) is 1.44. The van der Waals surface area contributed by atoms with Gasteiger partial charge in [0.25, 0.3) is 0 Å². The lowest BCUT2D eigenvalue weighted by molar-refractivity contribution is 0.0319. The fourth-order valence-corrected chi connectivity index (χ4v) is 2.17. The third-order valence-electron chi connectivity index (χ3n) is 3.41. The number of benzene rings is 2. The highest BCUT2D eigenvalue weighted by molar-refractivity contribution is 6.01. The lowest BCUT2D eigenvalue weighted by Gasteiger charge is -2.12. The van der Waals surface area contributed by atoms with Gasteiger partial charge in [0.15, 0.2) is 6.10 Å². The quantitative estimate of drug-likeness (QED) is 0.528. The predicted octanol–water partition coefficient (Wildman–Crippen LogP) is 2.09. The van der Waals surface area contributed by atoms with Crippen LogP contribution in [0, 0.1) is 0 Å². The van der Waals surface area contributed by atoms with Crippen LogP contribution in [0.25, 0.3) is 5.69 Å². The number of nitrogens with zero attached hydrogens (tertiary/aromatic N) is 4. The summed E-state index contributed by atoms with van der Waals surface area (Å²) >= 11 is 0. The molecular weight excluding hydrogens is 308 g/mol. The van der Waals surface area contributed by atoms with Crippen molar-refractivity contribution in [3.8, 4) is 5.69 Å². The number of Topliss-reactive ketones (excluding diaryl/α,β-unsaturated/α-hetero) is 1. The Hall–Kier alpha value is -3.35. The first-order chi connectivity index (χ1) is 11.6. The fraction of sp³-hybridized carbons (Fsp3) is 0.118. The van der Waals surface area contributed by atoms with Crippen molar-refractivity contribution in [3.63, 3.8) is 0 Å². The van der Waals surface area contributed by atoms with Crippen LogP contribution in [0.15, 0.2) is 60.9 Å². The minimum atomic E-state index is -0.878. The summed E-state index contributed by atoms with van der Waals surface area (Å²) in [6.45, 7) is 1.55. The molecule has 0 N–H and O–H groups in total. The van der Waals surface area contributed by atoms with Crippen LogP contribution in [0.2, 0.25) is 0 Å². The standard InChI is InChI=1S/C17H14N4O3/c1-12(16(22)13-6-3-2-4-7-13)24-17(23)14-8-5-9-15(10-14)21-11-18-19-20-21/h2-12H,1H3/t12-/m0/s1. The highest BCUT2D eigenvalue weighted by atomic mass is 16.5. The van der Waals surface area contributed by atoms with Gasteiger partial charge in [-0.05, 0) is 35.5 Å². The average Bonchev–Trinajstić information content (AvgIpc) is 3.16. The Bertz CT molecular complexity index is 847. The van der Waals surface area contributed by atoms with E-state index >= 15 is 0 Å². The molecule has 0 spiro atoms. The van der Waals surface area contributed by atoms with Crippen LogP contribution in [0.4, 0.5) is 0 Å². The third kappa shape index (κ3) is 3.35. The van der Waals surface area contributed by atoms with Gasteiger partial charge in [-0.25, -0.2) is 9.48 Å². The van der Waals surface area contributed by atoms with Crippen LogP contribution in [0.3, 0.4) is 0 Å². The molecule has 0 bridgehead atoms. The normalized spacial score (nSPS) is 11.7. The SMILES string of the molecule is C[C@H](OC(=O)c1cccc(-n2cnnn2)c1)C(=O)c1ccccc1. The van der Waals surface area contributed by atoms with Gasteiger partial charge in [0.1, 0.15) is 6.33 Å². The molecule has 0 saturated heterocycles. The van der Waals surface area contributed by atoms with Gasteiger partial charge in [-0.1, -0.05) is 36.4 Å². The number of hydrogen-bond donors (Lipinski definition) is 0. The highest BCUT2D eigenvalue weighted by Gasteiger charge is 2.20. The minimum Gasteiger partial charge on any atom is -0.451 e. The molecule has 2 aromatic carbocycles. The molecule has 3 rings (SSSR count). The van der Waals surface area contributed by atoms with Crippen LogP contribution in [0.1, 0.15) is 27.6 Å². The first-order valence-corrected chi connectivity index (χ1v) is 7.29. The number of rotatable bonds is 5. The predicted molar refractivity (Wildman–Crippen MR) is 84.8 cm³/mol. The molecule has 0 unspecified atom stereocenters. The van der Waals surface area contributed by atoms with E-state index in [0.29, 0.717) is 16.8 Å². The van der Waals surface area contributed by atoms with E-state index in [0.717, 1.165) is 0 Å². The van der Waals surface area contributed by atoms with Crippen molar-refractivity contribution in [1.82, 2.24) is 20.2 Å². The van der Waals surface area contributed by atoms with Crippen LogP contribution in [-0.4, -0.2) is 38.1 Å². The second-order valence-electron chi connectivity index (χ2n) is 5.08. The van der Waals surface area contributed by atoms with Gasteiger partial charge in [0.2, 0.25) is 5.78 Å². The summed E-state index contributed by atoms with van der Waals surface area (Å²) in [7, 11) is 0. The number of esters is 1. The highest BCUT2D eigenvalue weighted by Crippen LogP contribution is 2.13. The minimum absolute atomic E-state index is 0.249. The molecule has 7 heteroatoms. The Kier molecular flexibility index (Phi) is 4.42.